The number of benzene rings is 1. The zero-order valence-electron chi connectivity index (χ0n) is 15.6. The van der Waals surface area contributed by atoms with Crippen LogP contribution in [0.4, 0.5) is 8.78 Å². The summed E-state index contributed by atoms with van der Waals surface area (Å²) in [5, 5.41) is 6.74. The fraction of sp³-hybridized carbons (Fsp3) is 0.389. The summed E-state index contributed by atoms with van der Waals surface area (Å²) in [7, 11) is 1.57. The molecule has 2 N–H and O–H groups in total. The van der Waals surface area contributed by atoms with Gasteiger partial charge in [0.2, 0.25) is 0 Å². The minimum Gasteiger partial charge on any atom is -0.462 e. The SMILES string of the molecule is CCOC(=O)c1sc(C(C)NC(=NC)NCc2cc(F)ccc2F)nc1C. The van der Waals surface area contributed by atoms with Crippen molar-refractivity contribution in [3.63, 3.8) is 0 Å². The molecule has 0 radical (unpaired) electrons. The van der Waals surface area contributed by atoms with Crippen molar-refractivity contribution < 1.29 is 18.3 Å². The molecular weight excluding hydrogens is 374 g/mol. The fourth-order valence-corrected chi connectivity index (χ4v) is 3.27. The maximum atomic E-state index is 13.7. The lowest BCUT2D eigenvalue weighted by molar-refractivity contribution is 0.0531. The number of nitrogens with one attached hydrogen (secondary N) is 2. The van der Waals surface area contributed by atoms with Crippen LogP contribution in [-0.2, 0) is 11.3 Å². The van der Waals surface area contributed by atoms with Gasteiger partial charge < -0.3 is 15.4 Å². The van der Waals surface area contributed by atoms with E-state index in [0.717, 1.165) is 18.2 Å². The lowest BCUT2D eigenvalue weighted by Gasteiger charge is -2.16. The van der Waals surface area contributed by atoms with Gasteiger partial charge in [-0.2, -0.15) is 0 Å². The minimum absolute atomic E-state index is 0.0704. The van der Waals surface area contributed by atoms with E-state index >= 15 is 0 Å². The van der Waals surface area contributed by atoms with E-state index in [2.05, 4.69) is 20.6 Å². The summed E-state index contributed by atoms with van der Waals surface area (Å²) < 4.78 is 32.0. The molecule has 0 spiro atoms. The molecule has 2 rings (SSSR count). The highest BCUT2D eigenvalue weighted by molar-refractivity contribution is 7.13. The zero-order chi connectivity index (χ0) is 20.0. The Morgan fingerprint density at radius 3 is 2.81 bits per heavy atom. The Hall–Kier alpha value is -2.55. The van der Waals surface area contributed by atoms with E-state index in [0.29, 0.717) is 28.1 Å². The first-order valence-electron chi connectivity index (χ1n) is 8.41. The van der Waals surface area contributed by atoms with Gasteiger partial charge in [0.05, 0.1) is 18.3 Å². The third-order valence-corrected chi connectivity index (χ3v) is 5.00. The standard InChI is InChI=1S/C18H22F2N4O2S/c1-5-26-17(25)15-10(2)23-16(27-15)11(3)24-18(21-4)22-9-12-8-13(19)6-7-14(12)20/h6-8,11H,5,9H2,1-4H3,(H2,21,22,24). The van der Waals surface area contributed by atoms with E-state index in [1.54, 1.807) is 20.9 Å². The van der Waals surface area contributed by atoms with Crippen LogP contribution in [0.5, 0.6) is 0 Å². The molecule has 1 aromatic heterocycles. The number of ether oxygens (including phenoxy) is 1. The lowest BCUT2D eigenvalue weighted by Crippen LogP contribution is -2.38. The van der Waals surface area contributed by atoms with Crippen molar-refractivity contribution in [2.75, 3.05) is 13.7 Å². The molecule has 1 atom stereocenters. The van der Waals surface area contributed by atoms with Crippen LogP contribution in [0.2, 0.25) is 0 Å². The number of rotatable bonds is 6. The molecule has 0 fully saturated rings. The van der Waals surface area contributed by atoms with Crippen LogP contribution in [-0.4, -0.2) is 30.6 Å². The second-order valence-corrected chi connectivity index (χ2v) is 6.75. The molecule has 0 aliphatic carbocycles. The number of nitrogens with zero attached hydrogens (tertiary/aromatic N) is 2. The Bertz CT molecular complexity index is 839. The Morgan fingerprint density at radius 1 is 1.41 bits per heavy atom. The summed E-state index contributed by atoms with van der Waals surface area (Å²) in [6.45, 7) is 5.73. The molecule has 0 bridgehead atoms. The summed E-state index contributed by atoms with van der Waals surface area (Å²) in [6.07, 6.45) is 0. The summed E-state index contributed by atoms with van der Waals surface area (Å²) in [5.74, 6) is -0.997. The third kappa shape index (κ3) is 5.46. The van der Waals surface area contributed by atoms with E-state index < -0.39 is 17.6 Å². The number of aryl methyl sites for hydroxylation is 1. The number of hydrogen-bond donors (Lipinski definition) is 2. The molecule has 0 amide bonds. The number of hydrogen-bond acceptors (Lipinski definition) is 5. The smallest absolute Gasteiger partial charge is 0.350 e. The van der Waals surface area contributed by atoms with Crippen LogP contribution in [0.3, 0.4) is 0 Å². The average Bonchev–Trinajstić information content (AvgIpc) is 3.03. The minimum atomic E-state index is -0.505. The van der Waals surface area contributed by atoms with Gasteiger partial charge >= 0.3 is 5.97 Å². The molecule has 2 aromatic rings. The van der Waals surface area contributed by atoms with Crippen LogP contribution in [0.15, 0.2) is 23.2 Å². The van der Waals surface area contributed by atoms with E-state index in [9.17, 15) is 13.6 Å². The number of carbonyl (C=O) groups is 1. The highest BCUT2D eigenvalue weighted by Gasteiger charge is 2.20. The van der Waals surface area contributed by atoms with Crippen LogP contribution in [0.25, 0.3) is 0 Å². The predicted octanol–water partition coefficient (Wildman–Crippen LogP) is 3.33. The summed E-state index contributed by atoms with van der Waals surface area (Å²) in [5.41, 5.74) is 0.798. The number of thiazole rings is 1. The molecule has 1 aromatic carbocycles. The van der Waals surface area contributed by atoms with Crippen LogP contribution in [0, 0.1) is 18.6 Å². The van der Waals surface area contributed by atoms with Gasteiger partial charge in [-0.25, -0.2) is 18.6 Å². The molecule has 0 saturated carbocycles. The van der Waals surface area contributed by atoms with Crippen molar-refractivity contribution in [1.29, 1.82) is 0 Å². The fourth-order valence-electron chi connectivity index (χ4n) is 2.31. The Labute approximate surface area is 160 Å². The molecule has 27 heavy (non-hydrogen) atoms. The average molecular weight is 396 g/mol. The van der Waals surface area contributed by atoms with Crippen LogP contribution >= 0.6 is 11.3 Å². The van der Waals surface area contributed by atoms with E-state index in [-0.39, 0.29) is 18.2 Å². The van der Waals surface area contributed by atoms with Gasteiger partial charge in [0, 0.05) is 19.2 Å². The molecule has 9 heteroatoms. The molecule has 0 saturated heterocycles. The molecule has 6 nitrogen and oxygen atoms in total. The number of aliphatic imine (C=N–C) groups is 1. The molecule has 1 unspecified atom stereocenters. The van der Waals surface area contributed by atoms with E-state index in [4.69, 9.17) is 4.74 Å². The molecule has 146 valence electrons. The van der Waals surface area contributed by atoms with Crippen LogP contribution < -0.4 is 10.6 Å². The van der Waals surface area contributed by atoms with Crippen molar-refractivity contribution in [3.05, 3.63) is 51.0 Å². The Balaban J connectivity index is 2.03. The first-order chi connectivity index (χ1) is 12.8. The summed E-state index contributed by atoms with van der Waals surface area (Å²) in [6, 6.07) is 3.04. The Morgan fingerprint density at radius 2 is 2.15 bits per heavy atom. The van der Waals surface area contributed by atoms with Gasteiger partial charge in [-0.3, -0.25) is 4.99 Å². The number of esters is 1. The highest BCUT2D eigenvalue weighted by Crippen LogP contribution is 2.24. The monoisotopic (exact) mass is 396 g/mol. The maximum Gasteiger partial charge on any atom is 0.350 e. The molecule has 1 heterocycles. The summed E-state index contributed by atoms with van der Waals surface area (Å²) >= 11 is 1.25. The zero-order valence-corrected chi connectivity index (χ0v) is 16.4. The maximum absolute atomic E-state index is 13.7. The normalized spacial score (nSPS) is 12.6. The highest BCUT2D eigenvalue weighted by atomic mass is 32.1. The van der Waals surface area contributed by atoms with Gasteiger partial charge in [0.25, 0.3) is 0 Å². The number of aromatic nitrogens is 1. The van der Waals surface area contributed by atoms with Crippen molar-refractivity contribution in [2.24, 2.45) is 4.99 Å². The van der Waals surface area contributed by atoms with Gasteiger partial charge in [-0.1, -0.05) is 0 Å². The van der Waals surface area contributed by atoms with Gasteiger partial charge in [0.1, 0.15) is 21.5 Å². The lowest BCUT2D eigenvalue weighted by atomic mass is 10.2. The number of carbonyl (C=O) groups excluding carboxylic acids is 1. The van der Waals surface area contributed by atoms with Gasteiger partial charge in [0.15, 0.2) is 5.96 Å². The quantitative estimate of drug-likeness (QED) is 0.445. The van der Waals surface area contributed by atoms with Gasteiger partial charge in [-0.15, -0.1) is 11.3 Å². The first-order valence-corrected chi connectivity index (χ1v) is 9.22. The second-order valence-electron chi connectivity index (χ2n) is 5.71. The first kappa shape index (κ1) is 20.8. The van der Waals surface area contributed by atoms with Crippen molar-refractivity contribution in [1.82, 2.24) is 15.6 Å². The van der Waals surface area contributed by atoms with Crippen molar-refractivity contribution in [2.45, 2.75) is 33.4 Å². The number of halogens is 2. The third-order valence-electron chi connectivity index (χ3n) is 3.68. The van der Waals surface area contributed by atoms with Gasteiger partial charge in [-0.05, 0) is 39.0 Å². The van der Waals surface area contributed by atoms with Crippen molar-refractivity contribution >= 4 is 23.3 Å². The summed E-state index contributed by atoms with van der Waals surface area (Å²) in [4.78, 5) is 20.9. The van der Waals surface area contributed by atoms with Crippen molar-refractivity contribution in [3.8, 4) is 0 Å². The second kappa shape index (κ2) is 9.40. The van der Waals surface area contributed by atoms with Crippen LogP contribution in [0.1, 0.15) is 45.8 Å². The molecule has 0 aliphatic rings. The Kier molecular flexibility index (Phi) is 7.23. The number of guanidine groups is 1. The largest absolute Gasteiger partial charge is 0.462 e. The molecule has 0 aliphatic heterocycles. The topological polar surface area (TPSA) is 75.6 Å². The predicted molar refractivity (Wildman–Crippen MR) is 101 cm³/mol. The molecular formula is C18H22F2N4O2S. The van der Waals surface area contributed by atoms with E-state index in [1.165, 1.54) is 11.3 Å². The van der Waals surface area contributed by atoms with E-state index in [1.807, 2.05) is 6.92 Å².